The fraction of sp³-hybridized carbons (Fsp3) is 0.200. The molecule has 0 saturated carbocycles. The van der Waals surface area contributed by atoms with Crippen LogP contribution in [0.1, 0.15) is 12.4 Å². The molecule has 0 radical (unpaired) electrons. The number of alkyl halides is 2. The first kappa shape index (κ1) is 12.0. The molecule has 0 unspecified atom stereocenters. The molecule has 6 nitrogen and oxygen atoms in total. The van der Waals surface area contributed by atoms with Crippen molar-refractivity contribution >= 4 is 17.5 Å². The van der Waals surface area contributed by atoms with Crippen molar-refractivity contribution in [1.82, 2.24) is 29.1 Å². The molecule has 98 valence electrons. The zero-order chi connectivity index (χ0) is 13.2. The van der Waals surface area contributed by atoms with Crippen LogP contribution >= 0.6 is 11.8 Å². The smallest absolute Gasteiger partial charge is 0.277 e. The minimum atomic E-state index is -2.59. The third-order valence-corrected chi connectivity index (χ3v) is 3.22. The molecule has 0 spiro atoms. The van der Waals surface area contributed by atoms with E-state index in [1.54, 1.807) is 18.5 Å². The highest BCUT2D eigenvalue weighted by atomic mass is 32.2. The van der Waals surface area contributed by atoms with Gasteiger partial charge in [-0.25, -0.2) is 14.5 Å². The van der Waals surface area contributed by atoms with E-state index in [1.165, 1.54) is 28.7 Å². The summed E-state index contributed by atoms with van der Waals surface area (Å²) in [7, 11) is 0. The molecule has 3 rings (SSSR count). The lowest BCUT2D eigenvalue weighted by molar-refractivity contribution is 0.0678. The first-order valence-corrected chi connectivity index (χ1v) is 6.32. The van der Waals surface area contributed by atoms with Crippen molar-refractivity contribution in [3.8, 4) is 0 Å². The molecule has 0 saturated heterocycles. The quantitative estimate of drug-likeness (QED) is 0.685. The Labute approximate surface area is 110 Å². The van der Waals surface area contributed by atoms with Crippen molar-refractivity contribution in [2.45, 2.75) is 17.5 Å². The van der Waals surface area contributed by atoms with Gasteiger partial charge in [-0.1, -0.05) is 11.8 Å². The van der Waals surface area contributed by atoms with Crippen molar-refractivity contribution in [3.05, 3.63) is 36.7 Å². The summed E-state index contributed by atoms with van der Waals surface area (Å²) in [5.41, 5.74) is 0. The van der Waals surface area contributed by atoms with Gasteiger partial charge in [-0.3, -0.25) is 4.57 Å². The number of halogens is 2. The Bertz CT molecular complexity index is 661. The first-order chi connectivity index (χ1) is 9.24. The van der Waals surface area contributed by atoms with Crippen LogP contribution in [0.3, 0.4) is 0 Å². The van der Waals surface area contributed by atoms with E-state index < -0.39 is 6.55 Å². The molecule has 0 atom stereocenters. The molecule has 0 aliphatic heterocycles. The van der Waals surface area contributed by atoms with E-state index in [4.69, 9.17) is 0 Å². The maximum atomic E-state index is 12.6. The average molecular weight is 282 g/mol. The van der Waals surface area contributed by atoms with Crippen LogP contribution in [0.25, 0.3) is 5.78 Å². The fourth-order valence-electron chi connectivity index (χ4n) is 1.54. The summed E-state index contributed by atoms with van der Waals surface area (Å²) in [5.74, 6) is 1.03. The van der Waals surface area contributed by atoms with Gasteiger partial charge in [0.05, 0.1) is 5.75 Å². The van der Waals surface area contributed by atoms with Gasteiger partial charge in [-0.2, -0.15) is 13.8 Å². The number of rotatable bonds is 4. The number of thioether (sulfide) groups is 1. The monoisotopic (exact) mass is 282 g/mol. The molecule has 0 fully saturated rings. The van der Waals surface area contributed by atoms with Crippen LogP contribution in [-0.2, 0) is 5.75 Å². The molecule has 0 amide bonds. The predicted octanol–water partition coefficient (Wildman–Crippen LogP) is 2.01. The Hall–Kier alpha value is -2.03. The van der Waals surface area contributed by atoms with E-state index in [0.717, 1.165) is 4.57 Å². The van der Waals surface area contributed by atoms with E-state index in [-0.39, 0.29) is 11.6 Å². The molecule has 0 aliphatic carbocycles. The number of nitrogens with zero attached hydrogens (tertiary/aromatic N) is 6. The number of hydrogen-bond acceptors (Lipinski definition) is 5. The molecule has 19 heavy (non-hydrogen) atoms. The van der Waals surface area contributed by atoms with Crippen molar-refractivity contribution in [2.24, 2.45) is 0 Å². The maximum absolute atomic E-state index is 12.6. The van der Waals surface area contributed by atoms with Crippen LogP contribution in [0, 0.1) is 0 Å². The first-order valence-electron chi connectivity index (χ1n) is 5.34. The van der Waals surface area contributed by atoms with Crippen LogP contribution in [0.4, 0.5) is 8.78 Å². The minimum Gasteiger partial charge on any atom is -0.277 e. The Morgan fingerprint density at radius 3 is 2.89 bits per heavy atom. The van der Waals surface area contributed by atoms with Crippen molar-refractivity contribution in [1.29, 1.82) is 0 Å². The van der Waals surface area contributed by atoms with Gasteiger partial charge >= 0.3 is 6.55 Å². The second kappa shape index (κ2) is 4.92. The Morgan fingerprint density at radius 1 is 1.21 bits per heavy atom. The molecular weight excluding hydrogens is 274 g/mol. The van der Waals surface area contributed by atoms with Gasteiger partial charge in [0, 0.05) is 24.8 Å². The van der Waals surface area contributed by atoms with Gasteiger partial charge in [0.1, 0.15) is 5.82 Å². The van der Waals surface area contributed by atoms with Gasteiger partial charge in [-0.15, -0.1) is 5.10 Å². The Morgan fingerprint density at radius 2 is 2.11 bits per heavy atom. The van der Waals surface area contributed by atoms with Gasteiger partial charge in [-0.05, 0) is 6.07 Å². The van der Waals surface area contributed by atoms with Gasteiger partial charge in [0.15, 0.2) is 0 Å². The average Bonchev–Trinajstić information content (AvgIpc) is 3.02. The second-order valence-electron chi connectivity index (χ2n) is 3.58. The third kappa shape index (κ3) is 2.41. The number of aromatic nitrogens is 6. The van der Waals surface area contributed by atoms with Gasteiger partial charge in [0.25, 0.3) is 5.78 Å². The summed E-state index contributed by atoms with van der Waals surface area (Å²) < 4.78 is 27.6. The van der Waals surface area contributed by atoms with Gasteiger partial charge < -0.3 is 0 Å². The predicted molar refractivity (Wildman–Crippen MR) is 63.8 cm³/mol. The zero-order valence-electron chi connectivity index (χ0n) is 9.52. The highest BCUT2D eigenvalue weighted by molar-refractivity contribution is 7.98. The normalized spacial score (nSPS) is 11.5. The summed E-state index contributed by atoms with van der Waals surface area (Å²) in [4.78, 5) is 12.1. The Balaban J connectivity index is 1.76. The molecule has 0 bridgehead atoms. The highest BCUT2D eigenvalue weighted by Gasteiger charge is 2.13. The lowest BCUT2D eigenvalue weighted by Crippen LogP contribution is -2.02. The second-order valence-corrected chi connectivity index (χ2v) is 4.52. The maximum Gasteiger partial charge on any atom is 0.319 e. The highest BCUT2D eigenvalue weighted by Crippen LogP contribution is 2.21. The summed E-state index contributed by atoms with van der Waals surface area (Å²) in [6, 6.07) is 1.74. The van der Waals surface area contributed by atoms with Gasteiger partial charge in [0.2, 0.25) is 5.16 Å². The summed E-state index contributed by atoms with van der Waals surface area (Å²) in [6.07, 6.45) is 5.93. The SMILES string of the molecule is FC(F)n1ccnc1CSc1nc2ncccn2n1. The standard InChI is InChI=1S/C10H8F2N6S/c11-8(12)17-5-3-13-7(17)6-19-10-15-9-14-2-1-4-18(9)16-10/h1-5,8H,6H2. The lowest BCUT2D eigenvalue weighted by Gasteiger charge is -2.04. The van der Waals surface area contributed by atoms with E-state index in [1.807, 2.05) is 0 Å². The topological polar surface area (TPSA) is 60.9 Å². The Kier molecular flexibility index (Phi) is 3.11. The van der Waals surface area contributed by atoms with Crippen LogP contribution < -0.4 is 0 Å². The summed E-state index contributed by atoms with van der Waals surface area (Å²) in [5, 5.41) is 4.64. The van der Waals surface area contributed by atoms with E-state index in [9.17, 15) is 8.78 Å². The van der Waals surface area contributed by atoms with Crippen LogP contribution in [0.2, 0.25) is 0 Å². The number of hydrogen-bond donors (Lipinski definition) is 0. The fourth-order valence-corrected chi connectivity index (χ4v) is 2.31. The minimum absolute atomic E-state index is 0.272. The molecule has 3 aromatic heterocycles. The number of imidazole rings is 1. The molecule has 3 aromatic rings. The van der Waals surface area contributed by atoms with Crippen molar-refractivity contribution in [2.75, 3.05) is 0 Å². The van der Waals surface area contributed by atoms with E-state index in [2.05, 4.69) is 20.1 Å². The zero-order valence-corrected chi connectivity index (χ0v) is 10.3. The molecule has 0 aliphatic rings. The van der Waals surface area contributed by atoms with Crippen molar-refractivity contribution in [3.63, 3.8) is 0 Å². The molecular formula is C10H8F2N6S. The summed E-state index contributed by atoms with van der Waals surface area (Å²) in [6.45, 7) is -2.59. The largest absolute Gasteiger partial charge is 0.319 e. The number of fused-ring (bicyclic) bond motifs is 1. The molecule has 0 N–H and O–H groups in total. The molecule has 3 heterocycles. The van der Waals surface area contributed by atoms with E-state index >= 15 is 0 Å². The summed E-state index contributed by atoms with van der Waals surface area (Å²) >= 11 is 1.24. The van der Waals surface area contributed by atoms with Crippen LogP contribution in [0.5, 0.6) is 0 Å². The molecule has 0 aromatic carbocycles. The lowest BCUT2D eigenvalue weighted by atomic mass is 10.7. The van der Waals surface area contributed by atoms with Crippen molar-refractivity contribution < 1.29 is 8.78 Å². The molecule has 9 heteroatoms. The van der Waals surface area contributed by atoms with Crippen LogP contribution in [0.15, 0.2) is 36.0 Å². The van der Waals surface area contributed by atoms with Crippen LogP contribution in [-0.4, -0.2) is 29.1 Å². The third-order valence-electron chi connectivity index (χ3n) is 2.39. The van der Waals surface area contributed by atoms with E-state index in [0.29, 0.717) is 10.9 Å².